The SMILES string of the molecule is COc1cccc(NC(=O)[C@@H](C)SCc2ccccc2)c1. The van der Waals surface area contributed by atoms with Gasteiger partial charge >= 0.3 is 0 Å². The van der Waals surface area contributed by atoms with Gasteiger partial charge in [0.1, 0.15) is 5.75 Å². The van der Waals surface area contributed by atoms with Crippen molar-refractivity contribution in [1.29, 1.82) is 0 Å². The topological polar surface area (TPSA) is 38.3 Å². The third-order valence-corrected chi connectivity index (χ3v) is 4.26. The molecule has 1 amide bonds. The van der Waals surface area contributed by atoms with Crippen molar-refractivity contribution in [2.75, 3.05) is 12.4 Å². The first-order chi connectivity index (χ1) is 10.2. The zero-order valence-corrected chi connectivity index (χ0v) is 13.0. The molecule has 0 aliphatic carbocycles. The number of hydrogen-bond donors (Lipinski definition) is 1. The van der Waals surface area contributed by atoms with Crippen LogP contribution in [0.25, 0.3) is 0 Å². The number of rotatable bonds is 6. The van der Waals surface area contributed by atoms with Crippen LogP contribution in [0.1, 0.15) is 12.5 Å². The number of anilines is 1. The van der Waals surface area contributed by atoms with Gasteiger partial charge in [-0.1, -0.05) is 36.4 Å². The van der Waals surface area contributed by atoms with Crippen molar-refractivity contribution in [3.63, 3.8) is 0 Å². The number of carbonyl (C=O) groups is 1. The average molecular weight is 301 g/mol. The van der Waals surface area contributed by atoms with E-state index in [9.17, 15) is 4.79 Å². The molecule has 0 aliphatic heterocycles. The van der Waals surface area contributed by atoms with E-state index in [2.05, 4.69) is 17.4 Å². The normalized spacial score (nSPS) is 11.7. The van der Waals surface area contributed by atoms with Crippen LogP contribution in [0.2, 0.25) is 0 Å². The summed E-state index contributed by atoms with van der Waals surface area (Å²) in [6.07, 6.45) is 0. The third kappa shape index (κ3) is 4.83. The minimum atomic E-state index is -0.114. The van der Waals surface area contributed by atoms with Crippen LogP contribution in [0.4, 0.5) is 5.69 Å². The Labute approximate surface area is 129 Å². The molecule has 0 aliphatic rings. The Hall–Kier alpha value is -1.94. The molecule has 0 saturated carbocycles. The predicted molar refractivity (Wildman–Crippen MR) is 88.8 cm³/mol. The molecule has 0 bridgehead atoms. The molecule has 2 rings (SSSR count). The predicted octanol–water partition coefficient (Wildman–Crippen LogP) is 3.96. The molecule has 0 unspecified atom stereocenters. The first-order valence-corrected chi connectivity index (χ1v) is 7.84. The van der Waals surface area contributed by atoms with E-state index in [0.29, 0.717) is 0 Å². The van der Waals surface area contributed by atoms with E-state index >= 15 is 0 Å². The van der Waals surface area contributed by atoms with Crippen LogP contribution in [0.5, 0.6) is 5.75 Å². The maximum Gasteiger partial charge on any atom is 0.237 e. The van der Waals surface area contributed by atoms with Gasteiger partial charge in [-0.2, -0.15) is 0 Å². The lowest BCUT2D eigenvalue weighted by Crippen LogP contribution is -2.22. The Kier molecular flexibility index (Phi) is 5.69. The zero-order chi connectivity index (χ0) is 15.1. The Morgan fingerprint density at radius 3 is 2.67 bits per heavy atom. The van der Waals surface area contributed by atoms with Crippen molar-refractivity contribution in [2.24, 2.45) is 0 Å². The van der Waals surface area contributed by atoms with Gasteiger partial charge in [0.25, 0.3) is 0 Å². The van der Waals surface area contributed by atoms with E-state index in [1.807, 2.05) is 49.4 Å². The molecule has 0 fully saturated rings. The summed E-state index contributed by atoms with van der Waals surface area (Å²) in [5.74, 6) is 1.56. The molecule has 2 aromatic rings. The van der Waals surface area contributed by atoms with Crippen LogP contribution in [0, 0.1) is 0 Å². The molecule has 1 atom stereocenters. The Morgan fingerprint density at radius 1 is 1.19 bits per heavy atom. The Morgan fingerprint density at radius 2 is 1.95 bits per heavy atom. The molecule has 3 nitrogen and oxygen atoms in total. The monoisotopic (exact) mass is 301 g/mol. The maximum absolute atomic E-state index is 12.2. The van der Waals surface area contributed by atoms with Crippen molar-refractivity contribution >= 4 is 23.4 Å². The third-order valence-electron chi connectivity index (χ3n) is 3.05. The fourth-order valence-corrected chi connectivity index (χ4v) is 2.66. The van der Waals surface area contributed by atoms with Gasteiger partial charge in [0.15, 0.2) is 0 Å². The van der Waals surface area contributed by atoms with Crippen molar-refractivity contribution in [1.82, 2.24) is 0 Å². The number of carbonyl (C=O) groups excluding carboxylic acids is 1. The molecule has 0 saturated heterocycles. The Bertz CT molecular complexity index is 586. The van der Waals surface area contributed by atoms with Crippen LogP contribution >= 0.6 is 11.8 Å². The number of hydrogen-bond acceptors (Lipinski definition) is 3. The minimum Gasteiger partial charge on any atom is -0.497 e. The second-order valence-electron chi connectivity index (χ2n) is 4.66. The van der Waals surface area contributed by atoms with E-state index in [0.717, 1.165) is 17.2 Å². The first-order valence-electron chi connectivity index (χ1n) is 6.79. The number of ether oxygens (including phenoxy) is 1. The summed E-state index contributed by atoms with van der Waals surface area (Å²) >= 11 is 1.62. The lowest BCUT2D eigenvalue weighted by molar-refractivity contribution is -0.115. The molecule has 21 heavy (non-hydrogen) atoms. The zero-order valence-electron chi connectivity index (χ0n) is 12.2. The molecule has 0 spiro atoms. The number of thioether (sulfide) groups is 1. The molecule has 4 heteroatoms. The van der Waals surface area contributed by atoms with Crippen LogP contribution in [-0.4, -0.2) is 18.3 Å². The van der Waals surface area contributed by atoms with E-state index in [1.54, 1.807) is 18.9 Å². The summed E-state index contributed by atoms with van der Waals surface area (Å²) in [5, 5.41) is 2.80. The van der Waals surface area contributed by atoms with E-state index in [1.165, 1.54) is 5.56 Å². The molecular formula is C17H19NO2S. The minimum absolute atomic E-state index is 0.00387. The number of amides is 1. The van der Waals surface area contributed by atoms with Gasteiger partial charge in [-0.3, -0.25) is 4.79 Å². The van der Waals surface area contributed by atoms with Crippen molar-refractivity contribution < 1.29 is 9.53 Å². The van der Waals surface area contributed by atoms with Gasteiger partial charge in [-0.05, 0) is 24.6 Å². The van der Waals surface area contributed by atoms with Crippen molar-refractivity contribution in [2.45, 2.75) is 17.9 Å². The van der Waals surface area contributed by atoms with Crippen molar-refractivity contribution in [3.05, 3.63) is 60.2 Å². The van der Waals surface area contributed by atoms with Gasteiger partial charge in [0.2, 0.25) is 5.91 Å². The fourth-order valence-electron chi connectivity index (χ4n) is 1.82. The highest BCUT2D eigenvalue weighted by molar-refractivity contribution is 7.99. The van der Waals surface area contributed by atoms with E-state index in [-0.39, 0.29) is 11.2 Å². The maximum atomic E-state index is 12.2. The molecule has 1 N–H and O–H groups in total. The molecular weight excluding hydrogens is 282 g/mol. The van der Waals surface area contributed by atoms with Crippen LogP contribution in [0.3, 0.4) is 0 Å². The summed E-state index contributed by atoms with van der Waals surface area (Å²) in [7, 11) is 1.61. The van der Waals surface area contributed by atoms with Gasteiger partial charge in [-0.15, -0.1) is 11.8 Å². The summed E-state index contributed by atoms with van der Waals surface area (Å²) < 4.78 is 5.15. The first kappa shape index (κ1) is 15.4. The lowest BCUT2D eigenvalue weighted by atomic mass is 10.2. The van der Waals surface area contributed by atoms with Crippen LogP contribution < -0.4 is 10.1 Å². The second kappa shape index (κ2) is 7.74. The van der Waals surface area contributed by atoms with Crippen LogP contribution in [-0.2, 0) is 10.5 Å². The molecule has 2 aromatic carbocycles. The lowest BCUT2D eigenvalue weighted by Gasteiger charge is -2.12. The number of methoxy groups -OCH3 is 1. The fraction of sp³-hybridized carbons (Fsp3) is 0.235. The Balaban J connectivity index is 1.87. The van der Waals surface area contributed by atoms with Crippen LogP contribution in [0.15, 0.2) is 54.6 Å². The number of nitrogens with one attached hydrogen (secondary N) is 1. The van der Waals surface area contributed by atoms with Crippen molar-refractivity contribution in [3.8, 4) is 5.75 Å². The highest BCUT2D eigenvalue weighted by Crippen LogP contribution is 2.21. The van der Waals surface area contributed by atoms with Gasteiger partial charge in [-0.25, -0.2) is 0 Å². The highest BCUT2D eigenvalue weighted by Gasteiger charge is 2.13. The smallest absolute Gasteiger partial charge is 0.237 e. The molecule has 0 radical (unpaired) electrons. The largest absolute Gasteiger partial charge is 0.497 e. The highest BCUT2D eigenvalue weighted by atomic mass is 32.2. The molecule has 110 valence electrons. The van der Waals surface area contributed by atoms with Gasteiger partial charge < -0.3 is 10.1 Å². The summed E-state index contributed by atoms with van der Waals surface area (Å²) in [4.78, 5) is 12.2. The van der Waals surface area contributed by atoms with Gasteiger partial charge in [0, 0.05) is 17.5 Å². The van der Waals surface area contributed by atoms with E-state index in [4.69, 9.17) is 4.74 Å². The standard InChI is InChI=1S/C17H19NO2S/c1-13(21-12-14-7-4-3-5-8-14)17(19)18-15-9-6-10-16(11-15)20-2/h3-11,13H,12H2,1-2H3,(H,18,19)/t13-/m1/s1. The molecule has 0 aromatic heterocycles. The molecule has 0 heterocycles. The number of benzene rings is 2. The summed E-state index contributed by atoms with van der Waals surface area (Å²) in [6, 6.07) is 17.5. The summed E-state index contributed by atoms with van der Waals surface area (Å²) in [5.41, 5.74) is 1.98. The second-order valence-corrected chi connectivity index (χ2v) is 5.99. The summed E-state index contributed by atoms with van der Waals surface area (Å²) in [6.45, 7) is 1.92. The van der Waals surface area contributed by atoms with Gasteiger partial charge in [0.05, 0.1) is 12.4 Å². The van der Waals surface area contributed by atoms with E-state index < -0.39 is 0 Å². The average Bonchev–Trinajstić information content (AvgIpc) is 2.53. The quantitative estimate of drug-likeness (QED) is 0.878.